The Morgan fingerprint density at radius 2 is 1.73 bits per heavy atom. The lowest BCUT2D eigenvalue weighted by Crippen LogP contribution is -1.94. The van der Waals surface area contributed by atoms with Crippen molar-refractivity contribution in [2.24, 2.45) is 0 Å². The minimum Gasteiger partial charge on any atom is -0.424 e. The predicted octanol–water partition coefficient (Wildman–Crippen LogP) is 5.14. The maximum atomic E-state index is 13.4. The smallest absolute Gasteiger partial charge is 0.325 e. The highest BCUT2D eigenvalue weighted by Crippen LogP contribution is 2.27. The third-order valence-corrected chi connectivity index (χ3v) is 3.95. The van der Waals surface area contributed by atoms with Crippen molar-refractivity contribution in [2.75, 3.05) is 0 Å². The summed E-state index contributed by atoms with van der Waals surface area (Å²) in [4.78, 5) is 12.8. The van der Waals surface area contributed by atoms with Gasteiger partial charge in [-0.05, 0) is 44.5 Å². The quantitative estimate of drug-likeness (QED) is 0.512. The highest BCUT2D eigenvalue weighted by molar-refractivity contribution is 5.72. The van der Waals surface area contributed by atoms with Crippen molar-refractivity contribution in [1.82, 2.24) is 15.0 Å². The molecule has 4 aromatic rings. The monoisotopic (exact) mass is 349 g/mol. The summed E-state index contributed by atoms with van der Waals surface area (Å²) in [5.41, 5.74) is 4.76. The van der Waals surface area contributed by atoms with Gasteiger partial charge in [-0.1, -0.05) is 23.3 Å². The van der Waals surface area contributed by atoms with Crippen LogP contribution >= 0.6 is 0 Å². The zero-order chi connectivity index (χ0) is 18.3. The molecule has 0 aliphatic rings. The first-order chi connectivity index (χ1) is 12.5. The molecule has 0 atom stereocenters. The van der Waals surface area contributed by atoms with E-state index in [-0.39, 0.29) is 11.8 Å². The Morgan fingerprint density at radius 1 is 0.962 bits per heavy atom. The van der Waals surface area contributed by atoms with Crippen LogP contribution in [0.1, 0.15) is 16.7 Å². The summed E-state index contributed by atoms with van der Waals surface area (Å²) in [5.74, 6) is 0.446. The summed E-state index contributed by atoms with van der Waals surface area (Å²) in [6.07, 6.45) is 1.53. The number of nitrogens with zero attached hydrogens (tertiary/aromatic N) is 3. The largest absolute Gasteiger partial charge is 0.424 e. The van der Waals surface area contributed by atoms with E-state index < -0.39 is 0 Å². The van der Waals surface area contributed by atoms with E-state index in [9.17, 15) is 4.39 Å². The number of aryl methyl sites for hydroxylation is 3. The standard InChI is InChI=1S/C20H16FN3O2/c1-11-6-12(2)8-14(7-11)18-23-16-10-22-20(24-19(16)26-18)25-17-9-15(21)5-4-13(17)3/h4-10H,1-3H3. The van der Waals surface area contributed by atoms with Crippen LogP contribution < -0.4 is 4.74 Å². The Bertz CT molecular complexity index is 1100. The molecule has 0 bridgehead atoms. The van der Waals surface area contributed by atoms with Crippen molar-refractivity contribution in [3.8, 4) is 23.2 Å². The second-order valence-electron chi connectivity index (χ2n) is 6.25. The van der Waals surface area contributed by atoms with Crippen molar-refractivity contribution in [1.29, 1.82) is 0 Å². The van der Waals surface area contributed by atoms with Crippen molar-refractivity contribution in [3.05, 3.63) is 65.1 Å². The lowest BCUT2D eigenvalue weighted by atomic mass is 10.1. The molecule has 2 heterocycles. The third-order valence-electron chi connectivity index (χ3n) is 3.95. The number of ether oxygens (including phenoxy) is 1. The van der Waals surface area contributed by atoms with Crippen LogP contribution in [0, 0.1) is 26.6 Å². The molecule has 130 valence electrons. The highest BCUT2D eigenvalue weighted by Gasteiger charge is 2.13. The molecule has 0 spiro atoms. The number of rotatable bonds is 3. The lowest BCUT2D eigenvalue weighted by molar-refractivity contribution is 0.433. The number of hydrogen-bond donors (Lipinski definition) is 0. The molecule has 0 amide bonds. The van der Waals surface area contributed by atoms with E-state index in [0.29, 0.717) is 22.9 Å². The molecular formula is C20H16FN3O2. The van der Waals surface area contributed by atoms with Crippen molar-refractivity contribution < 1.29 is 13.5 Å². The summed E-state index contributed by atoms with van der Waals surface area (Å²) >= 11 is 0. The molecule has 6 heteroatoms. The van der Waals surface area contributed by atoms with Crippen molar-refractivity contribution in [3.63, 3.8) is 0 Å². The first-order valence-electron chi connectivity index (χ1n) is 8.14. The first kappa shape index (κ1) is 16.2. The van der Waals surface area contributed by atoms with Crippen LogP contribution in [0.2, 0.25) is 0 Å². The fourth-order valence-corrected chi connectivity index (χ4v) is 2.77. The van der Waals surface area contributed by atoms with Gasteiger partial charge in [0.2, 0.25) is 5.89 Å². The maximum Gasteiger partial charge on any atom is 0.325 e. The van der Waals surface area contributed by atoms with E-state index in [0.717, 1.165) is 22.3 Å². The molecular weight excluding hydrogens is 333 g/mol. The van der Waals surface area contributed by atoms with Crippen LogP contribution in [0.3, 0.4) is 0 Å². The fourth-order valence-electron chi connectivity index (χ4n) is 2.77. The number of oxazole rings is 1. The molecule has 0 fully saturated rings. The molecule has 2 aromatic heterocycles. The molecule has 26 heavy (non-hydrogen) atoms. The molecule has 0 aliphatic heterocycles. The Kier molecular flexibility index (Phi) is 3.88. The van der Waals surface area contributed by atoms with Gasteiger partial charge in [-0.3, -0.25) is 0 Å². The first-order valence-corrected chi connectivity index (χ1v) is 8.14. The number of aromatic nitrogens is 3. The third kappa shape index (κ3) is 3.13. The lowest BCUT2D eigenvalue weighted by Gasteiger charge is -2.06. The van der Waals surface area contributed by atoms with Crippen LogP contribution in [0.25, 0.3) is 22.7 Å². The molecule has 0 saturated heterocycles. The van der Waals surface area contributed by atoms with Crippen LogP contribution in [-0.2, 0) is 0 Å². The second kappa shape index (κ2) is 6.22. The Hall–Kier alpha value is -3.28. The second-order valence-corrected chi connectivity index (χ2v) is 6.25. The van der Waals surface area contributed by atoms with Crippen molar-refractivity contribution >= 4 is 11.2 Å². The van der Waals surface area contributed by atoms with E-state index in [2.05, 4.69) is 21.0 Å². The van der Waals surface area contributed by atoms with Crippen LogP contribution in [0.15, 0.2) is 47.0 Å². The molecule has 5 nitrogen and oxygen atoms in total. The zero-order valence-electron chi connectivity index (χ0n) is 14.6. The van der Waals surface area contributed by atoms with E-state index >= 15 is 0 Å². The van der Waals surface area contributed by atoms with Gasteiger partial charge in [0.1, 0.15) is 17.1 Å². The molecule has 0 saturated carbocycles. The number of fused-ring (bicyclic) bond motifs is 1. The van der Waals surface area contributed by atoms with Gasteiger partial charge in [0, 0.05) is 11.6 Å². The van der Waals surface area contributed by atoms with Gasteiger partial charge >= 0.3 is 6.01 Å². The topological polar surface area (TPSA) is 61.0 Å². The molecule has 0 radical (unpaired) electrons. The van der Waals surface area contributed by atoms with Gasteiger partial charge in [0.05, 0.1) is 6.20 Å². The molecule has 2 aromatic carbocycles. The Balaban J connectivity index is 1.70. The Labute approximate surface area is 149 Å². The zero-order valence-corrected chi connectivity index (χ0v) is 14.6. The maximum absolute atomic E-state index is 13.4. The summed E-state index contributed by atoms with van der Waals surface area (Å²) in [7, 11) is 0. The van der Waals surface area contributed by atoms with Gasteiger partial charge in [-0.15, -0.1) is 0 Å². The number of halogens is 1. The molecule has 0 aliphatic carbocycles. The molecule has 0 unspecified atom stereocenters. The van der Waals surface area contributed by atoms with Crippen LogP contribution in [0.5, 0.6) is 11.8 Å². The average Bonchev–Trinajstić information content (AvgIpc) is 3.01. The van der Waals surface area contributed by atoms with Gasteiger partial charge in [-0.2, -0.15) is 4.98 Å². The van der Waals surface area contributed by atoms with E-state index in [4.69, 9.17) is 9.15 Å². The van der Waals surface area contributed by atoms with Crippen LogP contribution in [-0.4, -0.2) is 15.0 Å². The minimum atomic E-state index is -0.386. The summed E-state index contributed by atoms with van der Waals surface area (Å²) in [6, 6.07) is 10.5. The molecule has 4 rings (SSSR count). The Morgan fingerprint density at radius 3 is 2.50 bits per heavy atom. The fraction of sp³-hybridized carbons (Fsp3) is 0.150. The molecule has 0 N–H and O–H groups in total. The van der Waals surface area contributed by atoms with Gasteiger partial charge in [-0.25, -0.2) is 14.4 Å². The van der Waals surface area contributed by atoms with E-state index in [1.165, 1.54) is 18.3 Å². The normalized spacial score (nSPS) is 11.1. The van der Waals surface area contributed by atoms with Gasteiger partial charge < -0.3 is 9.15 Å². The van der Waals surface area contributed by atoms with E-state index in [1.54, 1.807) is 6.07 Å². The van der Waals surface area contributed by atoms with Crippen LogP contribution in [0.4, 0.5) is 4.39 Å². The SMILES string of the molecule is Cc1cc(C)cc(-c2nc3cnc(Oc4cc(F)ccc4C)nc3o2)c1. The van der Waals surface area contributed by atoms with E-state index in [1.807, 2.05) is 32.9 Å². The highest BCUT2D eigenvalue weighted by atomic mass is 19.1. The number of benzene rings is 2. The van der Waals surface area contributed by atoms with Gasteiger partial charge in [0.25, 0.3) is 5.71 Å². The number of hydrogen-bond acceptors (Lipinski definition) is 5. The predicted molar refractivity (Wildman–Crippen MR) is 95.7 cm³/mol. The minimum absolute atomic E-state index is 0.0781. The average molecular weight is 349 g/mol. The summed E-state index contributed by atoms with van der Waals surface area (Å²) < 4.78 is 24.8. The van der Waals surface area contributed by atoms with Crippen molar-refractivity contribution in [2.45, 2.75) is 20.8 Å². The summed E-state index contributed by atoms with van der Waals surface area (Å²) in [5, 5.41) is 0. The van der Waals surface area contributed by atoms with Gasteiger partial charge in [0.15, 0.2) is 0 Å². The summed E-state index contributed by atoms with van der Waals surface area (Å²) in [6.45, 7) is 5.86.